The lowest BCUT2D eigenvalue weighted by atomic mass is 10.2. The summed E-state index contributed by atoms with van der Waals surface area (Å²) < 4.78 is 0. The summed E-state index contributed by atoms with van der Waals surface area (Å²) >= 11 is 12.0. The zero-order valence-electron chi connectivity index (χ0n) is 11.9. The molecular formula is C14H21Cl2N3O. The van der Waals surface area contributed by atoms with E-state index in [0.29, 0.717) is 34.4 Å². The maximum Gasteiger partial charge on any atom is 0.225 e. The molecule has 1 rings (SSSR count). The van der Waals surface area contributed by atoms with E-state index in [9.17, 15) is 4.79 Å². The average Bonchev–Trinajstić information content (AvgIpc) is 2.38. The van der Waals surface area contributed by atoms with Crippen LogP contribution in [0.1, 0.15) is 26.2 Å². The summed E-state index contributed by atoms with van der Waals surface area (Å²) in [5.41, 5.74) is 6.51. The van der Waals surface area contributed by atoms with Crippen LogP contribution in [-0.2, 0) is 4.79 Å². The molecule has 20 heavy (non-hydrogen) atoms. The quantitative estimate of drug-likeness (QED) is 0.755. The molecule has 0 aliphatic carbocycles. The molecule has 0 bridgehead atoms. The maximum atomic E-state index is 11.9. The van der Waals surface area contributed by atoms with Gasteiger partial charge in [0, 0.05) is 18.7 Å². The molecule has 0 fully saturated rings. The molecule has 0 aromatic heterocycles. The second kappa shape index (κ2) is 8.35. The van der Waals surface area contributed by atoms with Crippen LogP contribution in [0.4, 0.5) is 11.4 Å². The third kappa shape index (κ3) is 5.57. The third-order valence-corrected chi connectivity index (χ3v) is 3.54. The van der Waals surface area contributed by atoms with Crippen molar-refractivity contribution in [3.8, 4) is 0 Å². The second-order valence-electron chi connectivity index (χ2n) is 4.81. The minimum atomic E-state index is -0.109. The van der Waals surface area contributed by atoms with Gasteiger partial charge in [-0.1, -0.05) is 36.5 Å². The van der Waals surface area contributed by atoms with Crippen LogP contribution >= 0.6 is 23.2 Å². The number of nitrogens with zero attached hydrogens (tertiary/aromatic N) is 1. The van der Waals surface area contributed by atoms with Gasteiger partial charge < -0.3 is 16.0 Å². The SMILES string of the molecule is CCCCN(C)CCC(=O)Nc1c(Cl)cc(N)cc1Cl. The Morgan fingerprint density at radius 2 is 1.90 bits per heavy atom. The van der Waals surface area contributed by atoms with Crippen LogP contribution in [0.15, 0.2) is 12.1 Å². The molecule has 3 N–H and O–H groups in total. The van der Waals surface area contributed by atoms with E-state index in [-0.39, 0.29) is 5.91 Å². The Morgan fingerprint density at radius 3 is 2.45 bits per heavy atom. The van der Waals surface area contributed by atoms with Gasteiger partial charge in [-0.3, -0.25) is 4.79 Å². The third-order valence-electron chi connectivity index (χ3n) is 2.94. The first-order valence-electron chi connectivity index (χ1n) is 6.67. The first-order chi connectivity index (χ1) is 9.43. The molecule has 1 aromatic carbocycles. The number of unbranched alkanes of at least 4 members (excludes halogenated alkanes) is 1. The molecule has 0 unspecified atom stereocenters. The van der Waals surface area contributed by atoms with Crippen molar-refractivity contribution in [3.05, 3.63) is 22.2 Å². The number of carbonyl (C=O) groups excluding carboxylic acids is 1. The smallest absolute Gasteiger partial charge is 0.225 e. The molecule has 1 aromatic rings. The molecule has 0 radical (unpaired) electrons. The molecule has 0 heterocycles. The number of halogens is 2. The molecule has 4 nitrogen and oxygen atoms in total. The zero-order chi connectivity index (χ0) is 15.1. The number of nitrogens with two attached hydrogens (primary N) is 1. The van der Waals surface area contributed by atoms with E-state index in [0.717, 1.165) is 19.4 Å². The fourth-order valence-electron chi connectivity index (χ4n) is 1.75. The van der Waals surface area contributed by atoms with E-state index in [2.05, 4.69) is 17.1 Å². The highest BCUT2D eigenvalue weighted by molar-refractivity contribution is 6.40. The summed E-state index contributed by atoms with van der Waals surface area (Å²) in [5, 5.41) is 3.43. The molecule has 0 atom stereocenters. The predicted molar refractivity (Wildman–Crippen MR) is 86.5 cm³/mol. The maximum absolute atomic E-state index is 11.9. The number of hydrogen-bond acceptors (Lipinski definition) is 3. The summed E-state index contributed by atoms with van der Waals surface area (Å²) in [6, 6.07) is 3.13. The highest BCUT2D eigenvalue weighted by Gasteiger charge is 2.11. The first-order valence-corrected chi connectivity index (χ1v) is 7.42. The van der Waals surface area contributed by atoms with Gasteiger partial charge in [-0.25, -0.2) is 0 Å². The van der Waals surface area contributed by atoms with Gasteiger partial charge in [-0.2, -0.15) is 0 Å². The fraction of sp³-hybridized carbons (Fsp3) is 0.500. The highest BCUT2D eigenvalue weighted by Crippen LogP contribution is 2.32. The summed E-state index contributed by atoms with van der Waals surface area (Å²) in [6.45, 7) is 3.84. The Labute approximate surface area is 130 Å². The number of amides is 1. The van der Waals surface area contributed by atoms with Crippen molar-refractivity contribution in [2.24, 2.45) is 0 Å². The first kappa shape index (κ1) is 17.1. The molecule has 0 aliphatic heterocycles. The number of carbonyl (C=O) groups is 1. The highest BCUT2D eigenvalue weighted by atomic mass is 35.5. The summed E-state index contributed by atoms with van der Waals surface area (Å²) in [5.74, 6) is -0.109. The average molecular weight is 318 g/mol. The Balaban J connectivity index is 2.51. The number of nitrogens with one attached hydrogen (secondary N) is 1. The Kier molecular flexibility index (Phi) is 7.13. The van der Waals surface area contributed by atoms with E-state index >= 15 is 0 Å². The van der Waals surface area contributed by atoms with Crippen LogP contribution in [-0.4, -0.2) is 30.9 Å². The molecular weight excluding hydrogens is 297 g/mol. The monoisotopic (exact) mass is 317 g/mol. The number of benzene rings is 1. The van der Waals surface area contributed by atoms with Crippen LogP contribution in [0.2, 0.25) is 10.0 Å². The van der Waals surface area contributed by atoms with Crippen LogP contribution in [0.5, 0.6) is 0 Å². The van der Waals surface area contributed by atoms with Crippen molar-refractivity contribution < 1.29 is 4.79 Å². The van der Waals surface area contributed by atoms with Crippen molar-refractivity contribution in [1.29, 1.82) is 0 Å². The number of nitrogen functional groups attached to an aromatic ring is 1. The van der Waals surface area contributed by atoms with Gasteiger partial charge in [0.15, 0.2) is 0 Å². The summed E-state index contributed by atoms with van der Waals surface area (Å²) in [4.78, 5) is 14.0. The van der Waals surface area contributed by atoms with E-state index < -0.39 is 0 Å². The topological polar surface area (TPSA) is 58.4 Å². The van der Waals surface area contributed by atoms with E-state index in [1.807, 2.05) is 7.05 Å². The number of rotatable bonds is 7. The predicted octanol–water partition coefficient (Wildman–Crippen LogP) is 3.64. The van der Waals surface area contributed by atoms with Gasteiger partial charge in [0.2, 0.25) is 5.91 Å². The van der Waals surface area contributed by atoms with Gasteiger partial charge in [0.05, 0.1) is 15.7 Å². The van der Waals surface area contributed by atoms with Crippen LogP contribution in [0.25, 0.3) is 0 Å². The lowest BCUT2D eigenvalue weighted by Gasteiger charge is -2.16. The van der Waals surface area contributed by atoms with Gasteiger partial charge in [0.1, 0.15) is 0 Å². The van der Waals surface area contributed by atoms with Gasteiger partial charge in [0.25, 0.3) is 0 Å². The van der Waals surface area contributed by atoms with E-state index in [4.69, 9.17) is 28.9 Å². The standard InChI is InChI=1S/C14H21Cl2N3O/c1-3-4-6-19(2)7-5-13(20)18-14-11(15)8-10(17)9-12(14)16/h8-9H,3-7,17H2,1-2H3,(H,18,20). The fourth-order valence-corrected chi connectivity index (χ4v) is 2.34. The Morgan fingerprint density at radius 1 is 1.30 bits per heavy atom. The normalized spacial score (nSPS) is 10.8. The van der Waals surface area contributed by atoms with Gasteiger partial charge >= 0.3 is 0 Å². The second-order valence-corrected chi connectivity index (χ2v) is 5.63. The molecule has 0 spiro atoms. The van der Waals surface area contributed by atoms with Crippen molar-refractivity contribution in [3.63, 3.8) is 0 Å². The van der Waals surface area contributed by atoms with E-state index in [1.54, 1.807) is 12.1 Å². The van der Waals surface area contributed by atoms with E-state index in [1.165, 1.54) is 0 Å². The molecule has 0 aliphatic rings. The van der Waals surface area contributed by atoms with Gasteiger partial charge in [-0.05, 0) is 32.1 Å². The Bertz CT molecular complexity index is 443. The lowest BCUT2D eigenvalue weighted by molar-refractivity contribution is -0.116. The lowest BCUT2D eigenvalue weighted by Crippen LogP contribution is -2.25. The van der Waals surface area contributed by atoms with Crippen LogP contribution < -0.4 is 11.1 Å². The largest absolute Gasteiger partial charge is 0.399 e. The van der Waals surface area contributed by atoms with Gasteiger partial charge in [-0.15, -0.1) is 0 Å². The Hall–Kier alpha value is -0.970. The molecule has 0 saturated carbocycles. The number of hydrogen-bond donors (Lipinski definition) is 2. The minimum Gasteiger partial charge on any atom is -0.399 e. The minimum absolute atomic E-state index is 0.109. The molecule has 0 saturated heterocycles. The van der Waals surface area contributed by atoms with Crippen LogP contribution in [0.3, 0.4) is 0 Å². The van der Waals surface area contributed by atoms with Crippen molar-refractivity contribution in [2.45, 2.75) is 26.2 Å². The van der Waals surface area contributed by atoms with Crippen LogP contribution in [0, 0.1) is 0 Å². The molecule has 112 valence electrons. The zero-order valence-corrected chi connectivity index (χ0v) is 13.4. The van der Waals surface area contributed by atoms with Crippen molar-refractivity contribution >= 4 is 40.5 Å². The number of anilines is 2. The van der Waals surface area contributed by atoms with Crippen molar-refractivity contribution in [2.75, 3.05) is 31.2 Å². The van der Waals surface area contributed by atoms with Crippen molar-refractivity contribution in [1.82, 2.24) is 4.90 Å². The molecule has 1 amide bonds. The summed E-state index contributed by atoms with van der Waals surface area (Å²) in [6.07, 6.45) is 2.68. The summed E-state index contributed by atoms with van der Waals surface area (Å²) in [7, 11) is 2.01. The molecule has 6 heteroatoms.